The Morgan fingerprint density at radius 1 is 1.14 bits per heavy atom. The highest BCUT2D eigenvalue weighted by atomic mass is 79.9. The van der Waals surface area contributed by atoms with E-state index >= 15 is 0 Å². The van der Waals surface area contributed by atoms with Gasteiger partial charge in [-0.25, -0.2) is 0 Å². The largest absolute Gasteiger partial charge is 0.490 e. The summed E-state index contributed by atoms with van der Waals surface area (Å²) in [6.07, 6.45) is 0. The van der Waals surface area contributed by atoms with Crippen molar-refractivity contribution in [1.82, 2.24) is 0 Å². The standard InChI is InChI=1S/C16H16BrNO2S/c1-2-19-15-9-11(16(18)21)7-8-14(15)20-10-12-5-3-4-6-13(12)17/h3-9H,2,10H2,1H3,(H2,18,21). The van der Waals surface area contributed by atoms with Crippen molar-refractivity contribution < 1.29 is 9.47 Å². The summed E-state index contributed by atoms with van der Waals surface area (Å²) in [5, 5.41) is 0. The van der Waals surface area contributed by atoms with Crippen LogP contribution < -0.4 is 15.2 Å². The van der Waals surface area contributed by atoms with E-state index in [0.29, 0.717) is 29.7 Å². The number of rotatable bonds is 6. The quantitative estimate of drug-likeness (QED) is 0.783. The number of ether oxygens (including phenoxy) is 2. The van der Waals surface area contributed by atoms with E-state index in [1.54, 1.807) is 6.07 Å². The van der Waals surface area contributed by atoms with Gasteiger partial charge in [-0.05, 0) is 31.2 Å². The Balaban J connectivity index is 2.19. The molecule has 21 heavy (non-hydrogen) atoms. The maximum absolute atomic E-state index is 5.85. The Morgan fingerprint density at radius 3 is 2.57 bits per heavy atom. The summed E-state index contributed by atoms with van der Waals surface area (Å²) in [5.41, 5.74) is 7.48. The molecule has 0 heterocycles. The van der Waals surface area contributed by atoms with Gasteiger partial charge in [-0.15, -0.1) is 0 Å². The fourth-order valence-electron chi connectivity index (χ4n) is 1.82. The third-order valence-corrected chi connectivity index (χ3v) is 3.88. The van der Waals surface area contributed by atoms with Crippen LogP contribution in [0.1, 0.15) is 18.1 Å². The van der Waals surface area contributed by atoms with E-state index in [2.05, 4.69) is 15.9 Å². The predicted molar refractivity (Wildman–Crippen MR) is 92.0 cm³/mol. The first-order chi connectivity index (χ1) is 10.1. The van der Waals surface area contributed by atoms with Gasteiger partial charge >= 0.3 is 0 Å². The molecule has 0 aliphatic carbocycles. The van der Waals surface area contributed by atoms with Gasteiger partial charge in [-0.1, -0.05) is 46.3 Å². The van der Waals surface area contributed by atoms with E-state index in [0.717, 1.165) is 15.6 Å². The molecule has 2 rings (SSSR count). The van der Waals surface area contributed by atoms with Crippen LogP contribution in [0.25, 0.3) is 0 Å². The fraction of sp³-hybridized carbons (Fsp3) is 0.188. The van der Waals surface area contributed by atoms with Gasteiger partial charge in [0.2, 0.25) is 0 Å². The second-order valence-electron chi connectivity index (χ2n) is 4.34. The van der Waals surface area contributed by atoms with Gasteiger partial charge in [-0.3, -0.25) is 0 Å². The van der Waals surface area contributed by atoms with Crippen LogP contribution in [-0.4, -0.2) is 11.6 Å². The van der Waals surface area contributed by atoms with Crippen LogP contribution in [0.5, 0.6) is 11.5 Å². The van der Waals surface area contributed by atoms with Crippen molar-refractivity contribution in [2.45, 2.75) is 13.5 Å². The third kappa shape index (κ3) is 4.19. The molecule has 3 nitrogen and oxygen atoms in total. The minimum absolute atomic E-state index is 0.341. The molecule has 0 spiro atoms. The number of halogens is 1. The second-order valence-corrected chi connectivity index (χ2v) is 5.63. The minimum Gasteiger partial charge on any atom is -0.490 e. The van der Waals surface area contributed by atoms with Gasteiger partial charge in [0.1, 0.15) is 11.6 Å². The average Bonchev–Trinajstić information content (AvgIpc) is 2.47. The van der Waals surface area contributed by atoms with Gasteiger partial charge in [0.05, 0.1) is 6.61 Å². The van der Waals surface area contributed by atoms with Gasteiger partial charge in [0.25, 0.3) is 0 Å². The lowest BCUT2D eigenvalue weighted by atomic mass is 10.2. The summed E-state index contributed by atoms with van der Waals surface area (Å²) in [7, 11) is 0. The average molecular weight is 366 g/mol. The molecule has 2 N–H and O–H groups in total. The molecule has 0 aliphatic rings. The molecule has 0 fully saturated rings. The van der Waals surface area contributed by atoms with Crippen molar-refractivity contribution in [3.8, 4) is 11.5 Å². The molecule has 0 aliphatic heterocycles. The van der Waals surface area contributed by atoms with E-state index in [1.807, 2.05) is 43.3 Å². The number of hydrogen-bond donors (Lipinski definition) is 1. The summed E-state index contributed by atoms with van der Waals surface area (Å²) in [6.45, 7) is 2.92. The zero-order valence-corrected chi connectivity index (χ0v) is 14.0. The Morgan fingerprint density at radius 2 is 1.90 bits per heavy atom. The highest BCUT2D eigenvalue weighted by Crippen LogP contribution is 2.30. The lowest BCUT2D eigenvalue weighted by Gasteiger charge is -2.13. The van der Waals surface area contributed by atoms with E-state index < -0.39 is 0 Å². The van der Waals surface area contributed by atoms with E-state index in [-0.39, 0.29) is 0 Å². The van der Waals surface area contributed by atoms with Crippen LogP contribution in [0.15, 0.2) is 46.9 Å². The van der Waals surface area contributed by atoms with Crippen LogP contribution in [0.2, 0.25) is 0 Å². The number of hydrogen-bond acceptors (Lipinski definition) is 3. The Kier molecular flexibility index (Phi) is 5.59. The van der Waals surface area contributed by atoms with Gasteiger partial charge in [0, 0.05) is 15.6 Å². The zero-order chi connectivity index (χ0) is 15.2. The lowest BCUT2D eigenvalue weighted by molar-refractivity contribution is 0.269. The van der Waals surface area contributed by atoms with E-state index in [4.69, 9.17) is 27.4 Å². The normalized spacial score (nSPS) is 10.2. The number of nitrogens with two attached hydrogens (primary N) is 1. The Bertz CT molecular complexity index is 646. The third-order valence-electron chi connectivity index (χ3n) is 2.87. The van der Waals surface area contributed by atoms with Crippen molar-refractivity contribution in [3.63, 3.8) is 0 Å². The van der Waals surface area contributed by atoms with Crippen LogP contribution in [0.4, 0.5) is 0 Å². The molecule has 110 valence electrons. The summed E-state index contributed by atoms with van der Waals surface area (Å²) < 4.78 is 12.5. The predicted octanol–water partition coefficient (Wildman–Crippen LogP) is 4.06. The Labute approximate surface area is 138 Å². The molecule has 5 heteroatoms. The summed E-state index contributed by atoms with van der Waals surface area (Å²) >= 11 is 8.49. The smallest absolute Gasteiger partial charge is 0.161 e. The molecule has 0 amide bonds. The highest BCUT2D eigenvalue weighted by molar-refractivity contribution is 9.10. The van der Waals surface area contributed by atoms with Crippen molar-refractivity contribution in [3.05, 3.63) is 58.1 Å². The van der Waals surface area contributed by atoms with Crippen LogP contribution in [0, 0.1) is 0 Å². The molecular weight excluding hydrogens is 350 g/mol. The van der Waals surface area contributed by atoms with Crippen LogP contribution in [-0.2, 0) is 6.61 Å². The van der Waals surface area contributed by atoms with Crippen molar-refractivity contribution in [2.75, 3.05) is 6.61 Å². The molecule has 0 radical (unpaired) electrons. The van der Waals surface area contributed by atoms with Crippen LogP contribution in [0.3, 0.4) is 0 Å². The van der Waals surface area contributed by atoms with Crippen molar-refractivity contribution in [2.24, 2.45) is 5.73 Å². The van der Waals surface area contributed by atoms with Gasteiger partial charge in [-0.2, -0.15) is 0 Å². The first-order valence-corrected chi connectivity index (χ1v) is 7.74. The first-order valence-electron chi connectivity index (χ1n) is 6.54. The van der Waals surface area contributed by atoms with Crippen molar-refractivity contribution in [1.29, 1.82) is 0 Å². The van der Waals surface area contributed by atoms with Gasteiger partial charge < -0.3 is 15.2 Å². The number of benzene rings is 2. The Hall–Kier alpha value is -1.59. The fourth-order valence-corrected chi connectivity index (χ4v) is 2.35. The second kappa shape index (κ2) is 7.43. The van der Waals surface area contributed by atoms with E-state index in [1.165, 1.54) is 0 Å². The summed E-state index contributed by atoms with van der Waals surface area (Å²) in [6, 6.07) is 13.4. The molecule has 2 aromatic rings. The monoisotopic (exact) mass is 365 g/mol. The van der Waals surface area contributed by atoms with Gasteiger partial charge in [0.15, 0.2) is 11.5 Å². The van der Waals surface area contributed by atoms with Crippen LogP contribution >= 0.6 is 28.1 Å². The lowest BCUT2D eigenvalue weighted by Crippen LogP contribution is -2.10. The molecule has 0 atom stereocenters. The molecule has 0 bridgehead atoms. The highest BCUT2D eigenvalue weighted by Gasteiger charge is 2.09. The molecule has 0 unspecified atom stereocenters. The summed E-state index contributed by atoms with van der Waals surface area (Å²) in [5.74, 6) is 1.32. The molecule has 0 saturated heterocycles. The molecule has 2 aromatic carbocycles. The SMILES string of the molecule is CCOc1cc(C(N)=S)ccc1OCc1ccccc1Br. The number of thiocarbonyl (C=S) groups is 1. The maximum Gasteiger partial charge on any atom is 0.161 e. The first kappa shape index (κ1) is 15.8. The zero-order valence-electron chi connectivity index (χ0n) is 11.6. The van der Waals surface area contributed by atoms with E-state index in [9.17, 15) is 0 Å². The maximum atomic E-state index is 5.85. The minimum atomic E-state index is 0.341. The molecule has 0 saturated carbocycles. The topological polar surface area (TPSA) is 44.5 Å². The summed E-state index contributed by atoms with van der Waals surface area (Å²) in [4.78, 5) is 0.341. The molecular formula is C16H16BrNO2S. The van der Waals surface area contributed by atoms with Crippen molar-refractivity contribution >= 4 is 33.1 Å². The molecule has 0 aromatic heterocycles.